The minimum absolute atomic E-state index is 0.956. The fraction of sp³-hybridized carbons (Fsp3) is 0.889. The molecule has 0 unspecified atom stereocenters. The molecule has 4 rings (SSSR count). The summed E-state index contributed by atoms with van der Waals surface area (Å²) in [5, 5.41) is 0. The molecule has 2 aliphatic carbocycles. The standard InChI is InChI=1S/C18H30N2/c1-2-8-20(9-3-1)18-6-10-19(11-7-18)14-17-13-15-4-5-16(17)12-15/h4-5,15-18H,1-3,6-14H2/p+2/t15-,16+,17+/m1/s1. The topological polar surface area (TPSA) is 8.88 Å². The molecule has 3 fully saturated rings. The summed E-state index contributed by atoms with van der Waals surface area (Å²) in [7, 11) is 0. The monoisotopic (exact) mass is 276 g/mol. The molecule has 2 N–H and O–H groups in total. The van der Waals surface area contributed by atoms with Crippen LogP contribution in [0.2, 0.25) is 0 Å². The van der Waals surface area contributed by atoms with E-state index >= 15 is 0 Å². The lowest BCUT2D eigenvalue weighted by Crippen LogP contribution is -3.21. The molecule has 2 heteroatoms. The van der Waals surface area contributed by atoms with Crippen molar-refractivity contribution in [2.45, 2.75) is 51.0 Å². The molecule has 2 heterocycles. The first-order valence-corrected chi connectivity index (χ1v) is 9.25. The van der Waals surface area contributed by atoms with E-state index in [0.717, 1.165) is 23.8 Å². The van der Waals surface area contributed by atoms with E-state index < -0.39 is 0 Å². The first kappa shape index (κ1) is 13.3. The Labute approximate surface area is 124 Å². The van der Waals surface area contributed by atoms with Gasteiger partial charge < -0.3 is 9.80 Å². The van der Waals surface area contributed by atoms with Crippen LogP contribution in [-0.4, -0.2) is 38.8 Å². The van der Waals surface area contributed by atoms with E-state index in [1.807, 2.05) is 9.80 Å². The third kappa shape index (κ3) is 2.69. The van der Waals surface area contributed by atoms with Gasteiger partial charge in [-0.2, -0.15) is 0 Å². The molecule has 0 aromatic heterocycles. The Balaban J connectivity index is 1.24. The molecule has 2 nitrogen and oxygen atoms in total. The molecule has 2 bridgehead atoms. The lowest BCUT2D eigenvalue weighted by Gasteiger charge is -2.37. The molecule has 4 aliphatic rings. The quantitative estimate of drug-likeness (QED) is 0.687. The van der Waals surface area contributed by atoms with E-state index in [9.17, 15) is 0 Å². The fourth-order valence-corrected chi connectivity index (χ4v) is 5.55. The molecule has 3 atom stereocenters. The number of fused-ring (bicyclic) bond motifs is 2. The second-order valence-electron chi connectivity index (χ2n) is 7.99. The van der Waals surface area contributed by atoms with Crippen LogP contribution >= 0.6 is 0 Å². The van der Waals surface area contributed by atoms with Gasteiger partial charge in [-0.1, -0.05) is 12.2 Å². The molecular weight excluding hydrogens is 244 g/mol. The summed E-state index contributed by atoms with van der Waals surface area (Å²) in [6.45, 7) is 7.35. The predicted molar refractivity (Wildman–Crippen MR) is 82.0 cm³/mol. The Morgan fingerprint density at radius 3 is 2.30 bits per heavy atom. The van der Waals surface area contributed by atoms with E-state index in [1.165, 1.54) is 77.7 Å². The van der Waals surface area contributed by atoms with Crippen LogP contribution in [0.5, 0.6) is 0 Å². The Hall–Kier alpha value is -0.340. The van der Waals surface area contributed by atoms with Crippen LogP contribution in [-0.2, 0) is 0 Å². The van der Waals surface area contributed by atoms with Crippen LogP contribution in [0.3, 0.4) is 0 Å². The van der Waals surface area contributed by atoms with Crippen LogP contribution in [0.1, 0.15) is 44.9 Å². The Morgan fingerprint density at radius 2 is 1.65 bits per heavy atom. The number of quaternary nitrogens is 2. The van der Waals surface area contributed by atoms with E-state index in [-0.39, 0.29) is 0 Å². The maximum atomic E-state index is 2.53. The molecular formula is C18H32N2+2. The Bertz CT molecular complexity index is 350. The molecule has 0 amide bonds. The molecule has 20 heavy (non-hydrogen) atoms. The molecule has 0 aromatic rings. The largest absolute Gasteiger partial charge is 0.334 e. The van der Waals surface area contributed by atoms with Gasteiger partial charge in [-0.3, -0.25) is 0 Å². The summed E-state index contributed by atoms with van der Waals surface area (Å²) in [6, 6.07) is 1.01. The third-order valence-electron chi connectivity index (χ3n) is 6.73. The molecule has 1 saturated carbocycles. The minimum Gasteiger partial charge on any atom is -0.334 e. The van der Waals surface area contributed by atoms with E-state index in [0.29, 0.717) is 0 Å². The summed E-state index contributed by atoms with van der Waals surface area (Å²) in [5.74, 6) is 2.94. The summed E-state index contributed by atoms with van der Waals surface area (Å²) in [5.41, 5.74) is 0. The predicted octanol–water partition coefficient (Wildman–Crippen LogP) is 0.315. The van der Waals surface area contributed by atoms with Crippen molar-refractivity contribution < 1.29 is 9.80 Å². The van der Waals surface area contributed by atoms with Crippen molar-refractivity contribution in [3.8, 4) is 0 Å². The average molecular weight is 276 g/mol. The highest BCUT2D eigenvalue weighted by Gasteiger charge is 2.39. The van der Waals surface area contributed by atoms with Gasteiger partial charge in [0.05, 0.1) is 38.8 Å². The number of piperidine rings is 2. The fourth-order valence-electron chi connectivity index (χ4n) is 5.55. The van der Waals surface area contributed by atoms with Gasteiger partial charge in [0.1, 0.15) is 0 Å². The zero-order valence-corrected chi connectivity index (χ0v) is 12.9. The number of hydrogen-bond donors (Lipinski definition) is 2. The first-order chi connectivity index (χ1) is 9.88. The summed E-state index contributed by atoms with van der Waals surface area (Å²) < 4.78 is 0. The van der Waals surface area contributed by atoms with Crippen molar-refractivity contribution in [3.63, 3.8) is 0 Å². The molecule has 2 saturated heterocycles. The number of allylic oxidation sites excluding steroid dienone is 2. The summed E-state index contributed by atoms with van der Waals surface area (Å²) in [6.07, 6.45) is 15.5. The van der Waals surface area contributed by atoms with Gasteiger partial charge in [-0.25, -0.2) is 0 Å². The van der Waals surface area contributed by atoms with E-state index in [4.69, 9.17) is 0 Å². The van der Waals surface area contributed by atoms with Crippen LogP contribution in [0.4, 0.5) is 0 Å². The number of hydrogen-bond acceptors (Lipinski definition) is 0. The van der Waals surface area contributed by atoms with Crippen LogP contribution in [0.15, 0.2) is 12.2 Å². The van der Waals surface area contributed by atoms with E-state index in [2.05, 4.69) is 12.2 Å². The Kier molecular flexibility index (Phi) is 3.87. The molecule has 0 spiro atoms. The third-order valence-corrected chi connectivity index (χ3v) is 6.73. The smallest absolute Gasteiger partial charge is 0.0983 e. The highest BCUT2D eigenvalue weighted by atomic mass is 15.2. The molecule has 112 valence electrons. The van der Waals surface area contributed by atoms with Crippen molar-refractivity contribution in [1.29, 1.82) is 0 Å². The van der Waals surface area contributed by atoms with Gasteiger partial charge in [0, 0.05) is 18.8 Å². The SMILES string of the molecule is C1=C[C@H]2C[C@@H]1C[C@H]2C[NH+]1CCC([NH+]2CCCCC2)CC1. The number of rotatable bonds is 3. The highest BCUT2D eigenvalue weighted by Crippen LogP contribution is 2.42. The normalized spacial score (nSPS) is 45.1. The minimum atomic E-state index is 0.956. The van der Waals surface area contributed by atoms with E-state index in [1.54, 1.807) is 0 Å². The van der Waals surface area contributed by atoms with Crippen LogP contribution in [0.25, 0.3) is 0 Å². The van der Waals surface area contributed by atoms with Gasteiger partial charge in [0.25, 0.3) is 0 Å². The van der Waals surface area contributed by atoms with Gasteiger partial charge in [-0.15, -0.1) is 0 Å². The average Bonchev–Trinajstić information content (AvgIpc) is 3.12. The lowest BCUT2D eigenvalue weighted by molar-refractivity contribution is -0.961. The van der Waals surface area contributed by atoms with Crippen molar-refractivity contribution in [2.24, 2.45) is 17.8 Å². The highest BCUT2D eigenvalue weighted by molar-refractivity contribution is 5.09. The van der Waals surface area contributed by atoms with Gasteiger partial charge >= 0.3 is 0 Å². The van der Waals surface area contributed by atoms with Gasteiger partial charge in [0.2, 0.25) is 0 Å². The molecule has 0 radical (unpaired) electrons. The van der Waals surface area contributed by atoms with Gasteiger partial charge in [0.15, 0.2) is 0 Å². The number of nitrogens with one attached hydrogen (secondary N) is 2. The summed E-state index contributed by atoms with van der Waals surface area (Å²) >= 11 is 0. The zero-order valence-electron chi connectivity index (χ0n) is 12.9. The van der Waals surface area contributed by atoms with Crippen molar-refractivity contribution in [2.75, 3.05) is 32.7 Å². The van der Waals surface area contributed by atoms with Crippen LogP contribution < -0.4 is 9.80 Å². The molecule has 2 aliphatic heterocycles. The maximum Gasteiger partial charge on any atom is 0.0983 e. The Morgan fingerprint density at radius 1 is 0.850 bits per heavy atom. The van der Waals surface area contributed by atoms with Crippen molar-refractivity contribution in [3.05, 3.63) is 12.2 Å². The second kappa shape index (κ2) is 5.81. The van der Waals surface area contributed by atoms with Gasteiger partial charge in [-0.05, 0) is 43.9 Å². The van der Waals surface area contributed by atoms with Crippen molar-refractivity contribution >= 4 is 0 Å². The first-order valence-electron chi connectivity index (χ1n) is 9.25. The van der Waals surface area contributed by atoms with Crippen LogP contribution in [0, 0.1) is 17.8 Å². The maximum absolute atomic E-state index is 2.53. The zero-order chi connectivity index (χ0) is 13.4. The number of likely N-dealkylation sites (tertiary alicyclic amines) is 2. The molecule has 0 aromatic carbocycles. The van der Waals surface area contributed by atoms with Crippen molar-refractivity contribution in [1.82, 2.24) is 0 Å². The summed E-state index contributed by atoms with van der Waals surface area (Å²) in [4.78, 5) is 3.89. The lowest BCUT2D eigenvalue weighted by atomic mass is 9.92. The second-order valence-corrected chi connectivity index (χ2v) is 7.99.